The normalized spacial score (nSPS) is 18.1. The van der Waals surface area contributed by atoms with Gasteiger partial charge in [-0.1, -0.05) is 0 Å². The van der Waals surface area contributed by atoms with E-state index in [-0.39, 0.29) is 5.56 Å². The summed E-state index contributed by atoms with van der Waals surface area (Å²) in [4.78, 5) is 15.6. The molecule has 2 aromatic heterocycles. The summed E-state index contributed by atoms with van der Waals surface area (Å²) in [6.07, 6.45) is 7.08. The summed E-state index contributed by atoms with van der Waals surface area (Å²) in [7, 11) is 0. The van der Waals surface area contributed by atoms with Gasteiger partial charge >= 0.3 is 5.97 Å². The van der Waals surface area contributed by atoms with Crippen molar-refractivity contribution in [1.82, 2.24) is 14.8 Å². The van der Waals surface area contributed by atoms with Crippen molar-refractivity contribution in [2.45, 2.75) is 25.4 Å². The maximum absolute atomic E-state index is 11.0. The largest absolute Gasteiger partial charge is 0.478 e. The number of ether oxygens (including phenoxy) is 2. The van der Waals surface area contributed by atoms with Crippen molar-refractivity contribution >= 4 is 17.0 Å². The van der Waals surface area contributed by atoms with E-state index in [0.29, 0.717) is 18.1 Å². The number of aromatic nitrogens is 3. The molecule has 7 nitrogen and oxygen atoms in total. The van der Waals surface area contributed by atoms with E-state index in [1.54, 1.807) is 35.1 Å². The Kier molecular flexibility index (Phi) is 4.14. The van der Waals surface area contributed by atoms with Crippen LogP contribution in [0.3, 0.4) is 0 Å². The Bertz CT molecular complexity index is 1020. The van der Waals surface area contributed by atoms with Gasteiger partial charge < -0.3 is 14.6 Å². The van der Waals surface area contributed by atoms with Gasteiger partial charge in [-0.2, -0.15) is 5.10 Å². The highest BCUT2D eigenvalue weighted by molar-refractivity contribution is 5.87. The number of carboxylic acid groups (broad SMARTS) is 1. The minimum absolute atomic E-state index is 0.248. The third kappa shape index (κ3) is 3.06. The monoisotopic (exact) mass is 379 g/mol. The Morgan fingerprint density at radius 2 is 2.04 bits per heavy atom. The van der Waals surface area contributed by atoms with Crippen molar-refractivity contribution in [3.63, 3.8) is 0 Å². The average Bonchev–Trinajstić information content (AvgIpc) is 3.05. The van der Waals surface area contributed by atoms with Gasteiger partial charge in [-0.05, 0) is 55.2 Å². The fourth-order valence-corrected chi connectivity index (χ4v) is 4.03. The fourth-order valence-electron chi connectivity index (χ4n) is 4.03. The molecule has 5 rings (SSSR count). The van der Waals surface area contributed by atoms with E-state index in [1.807, 2.05) is 6.20 Å². The van der Waals surface area contributed by atoms with Crippen LogP contribution in [0.25, 0.3) is 16.7 Å². The van der Waals surface area contributed by atoms with Gasteiger partial charge in [0.2, 0.25) is 0 Å². The summed E-state index contributed by atoms with van der Waals surface area (Å²) >= 11 is 0. The molecular formula is C21H21N3O4. The van der Waals surface area contributed by atoms with E-state index >= 15 is 0 Å². The maximum atomic E-state index is 11.0. The zero-order chi connectivity index (χ0) is 19.1. The number of aromatic carboxylic acids is 1. The number of benzene rings is 1. The summed E-state index contributed by atoms with van der Waals surface area (Å²) in [6, 6.07) is 8.69. The van der Waals surface area contributed by atoms with E-state index in [2.05, 4.69) is 16.1 Å². The lowest BCUT2D eigenvalue weighted by molar-refractivity contribution is -0.209. The fraction of sp³-hybridized carbons (Fsp3) is 0.381. The molecule has 2 aliphatic rings. The van der Waals surface area contributed by atoms with Crippen LogP contribution in [0, 0.1) is 5.41 Å². The van der Waals surface area contributed by atoms with E-state index in [9.17, 15) is 4.79 Å². The number of hydrogen-bond acceptors (Lipinski definition) is 5. The Morgan fingerprint density at radius 3 is 2.71 bits per heavy atom. The first-order chi connectivity index (χ1) is 13.6. The average molecular weight is 379 g/mol. The predicted molar refractivity (Wildman–Crippen MR) is 102 cm³/mol. The summed E-state index contributed by atoms with van der Waals surface area (Å²) in [5.74, 6) is -0.944. The molecule has 28 heavy (non-hydrogen) atoms. The molecule has 7 heteroatoms. The lowest BCUT2D eigenvalue weighted by Crippen LogP contribution is -2.55. The second-order valence-corrected chi connectivity index (χ2v) is 7.81. The van der Waals surface area contributed by atoms with E-state index in [0.717, 1.165) is 54.8 Å². The van der Waals surface area contributed by atoms with Crippen molar-refractivity contribution in [2.24, 2.45) is 5.41 Å². The highest BCUT2D eigenvalue weighted by Gasteiger charge is 2.50. The van der Waals surface area contributed by atoms with Crippen LogP contribution in [0.1, 0.15) is 28.8 Å². The summed E-state index contributed by atoms with van der Waals surface area (Å²) in [5.41, 5.74) is 3.33. The number of nitrogens with zero attached hydrogens (tertiary/aromatic N) is 3. The van der Waals surface area contributed by atoms with Crippen LogP contribution in [0.2, 0.25) is 0 Å². The van der Waals surface area contributed by atoms with E-state index in [1.165, 1.54) is 0 Å². The van der Waals surface area contributed by atoms with Crippen molar-refractivity contribution < 1.29 is 19.4 Å². The SMILES string of the molecule is O=C(O)c1ccc(-n2ncc3cc(CCOC4CC5(COC5)C4)cnc32)cc1. The van der Waals surface area contributed by atoms with E-state index in [4.69, 9.17) is 14.6 Å². The van der Waals surface area contributed by atoms with Crippen molar-refractivity contribution in [3.05, 3.63) is 53.9 Å². The van der Waals surface area contributed by atoms with Crippen LogP contribution in [-0.2, 0) is 15.9 Å². The molecule has 1 saturated carbocycles. The smallest absolute Gasteiger partial charge is 0.335 e. The molecule has 1 N–H and O–H groups in total. The van der Waals surface area contributed by atoms with Crippen molar-refractivity contribution in [2.75, 3.05) is 19.8 Å². The van der Waals surface area contributed by atoms with Crippen molar-refractivity contribution in [1.29, 1.82) is 0 Å². The summed E-state index contributed by atoms with van der Waals surface area (Å²) < 4.78 is 13.0. The van der Waals surface area contributed by atoms with Crippen LogP contribution in [-0.4, -0.2) is 51.8 Å². The first-order valence-electron chi connectivity index (χ1n) is 9.48. The topological polar surface area (TPSA) is 86.5 Å². The Morgan fingerprint density at radius 1 is 1.25 bits per heavy atom. The van der Waals surface area contributed by atoms with Crippen LogP contribution in [0.15, 0.2) is 42.7 Å². The predicted octanol–water partition coefficient (Wildman–Crippen LogP) is 2.86. The molecule has 3 heterocycles. The molecular weight excluding hydrogens is 358 g/mol. The molecule has 0 radical (unpaired) electrons. The number of fused-ring (bicyclic) bond motifs is 1. The zero-order valence-electron chi connectivity index (χ0n) is 15.4. The quantitative estimate of drug-likeness (QED) is 0.709. The number of rotatable bonds is 6. The maximum Gasteiger partial charge on any atom is 0.335 e. The standard InChI is InChI=1S/C21H21N3O4/c25-20(26)15-1-3-17(4-2-15)24-19-16(11-23-24)7-14(10-22-19)5-6-28-18-8-21(9-18)12-27-13-21/h1-4,7,10-11,18H,5-6,8-9,12-13H2,(H,25,26). The van der Waals surface area contributed by atoms with Gasteiger partial charge in [0.05, 0.1) is 43.4 Å². The molecule has 0 amide bonds. The third-order valence-electron chi connectivity index (χ3n) is 5.71. The van der Waals surface area contributed by atoms with Gasteiger partial charge in [0.1, 0.15) is 0 Å². The molecule has 0 bridgehead atoms. The molecule has 2 fully saturated rings. The van der Waals surface area contributed by atoms with Gasteiger partial charge in [0.25, 0.3) is 0 Å². The minimum Gasteiger partial charge on any atom is -0.478 e. The molecule has 1 aromatic carbocycles. The lowest BCUT2D eigenvalue weighted by Gasteiger charge is -2.52. The molecule has 1 aliphatic carbocycles. The highest BCUT2D eigenvalue weighted by atomic mass is 16.5. The first-order valence-corrected chi connectivity index (χ1v) is 9.48. The van der Waals surface area contributed by atoms with Gasteiger partial charge in [0.15, 0.2) is 5.65 Å². The highest BCUT2D eigenvalue weighted by Crippen LogP contribution is 2.48. The van der Waals surface area contributed by atoms with Crippen LogP contribution in [0.5, 0.6) is 0 Å². The number of carboxylic acids is 1. The second-order valence-electron chi connectivity index (χ2n) is 7.81. The molecule has 1 aliphatic heterocycles. The molecule has 0 atom stereocenters. The van der Waals surface area contributed by atoms with Crippen LogP contribution >= 0.6 is 0 Å². The minimum atomic E-state index is -0.944. The Hall–Kier alpha value is -2.77. The summed E-state index contributed by atoms with van der Waals surface area (Å²) in [6.45, 7) is 2.49. The Labute approximate surface area is 161 Å². The number of carbonyl (C=O) groups is 1. The van der Waals surface area contributed by atoms with Gasteiger partial charge in [-0.3, -0.25) is 0 Å². The van der Waals surface area contributed by atoms with Crippen LogP contribution in [0.4, 0.5) is 0 Å². The van der Waals surface area contributed by atoms with Gasteiger partial charge in [-0.15, -0.1) is 0 Å². The first kappa shape index (κ1) is 17.3. The molecule has 3 aromatic rings. The van der Waals surface area contributed by atoms with Crippen molar-refractivity contribution in [3.8, 4) is 5.69 Å². The van der Waals surface area contributed by atoms with Gasteiger partial charge in [-0.25, -0.2) is 14.5 Å². The number of hydrogen-bond donors (Lipinski definition) is 1. The van der Waals surface area contributed by atoms with E-state index < -0.39 is 5.97 Å². The molecule has 0 unspecified atom stereocenters. The summed E-state index contributed by atoms with van der Waals surface area (Å²) in [5, 5.41) is 14.4. The van der Waals surface area contributed by atoms with Crippen LogP contribution < -0.4 is 0 Å². The Balaban J connectivity index is 1.24. The lowest BCUT2D eigenvalue weighted by atomic mass is 9.65. The van der Waals surface area contributed by atoms with Gasteiger partial charge in [0, 0.05) is 17.0 Å². The number of pyridine rings is 1. The molecule has 144 valence electrons. The molecule has 1 spiro atoms. The zero-order valence-corrected chi connectivity index (χ0v) is 15.4. The molecule has 1 saturated heterocycles. The second kappa shape index (κ2) is 6.68. The third-order valence-corrected chi connectivity index (χ3v) is 5.71.